The van der Waals surface area contributed by atoms with Crippen molar-refractivity contribution in [3.05, 3.63) is 52.1 Å². The van der Waals surface area contributed by atoms with E-state index >= 15 is 0 Å². The first kappa shape index (κ1) is 10.8. The van der Waals surface area contributed by atoms with E-state index in [0.717, 1.165) is 5.56 Å². The molecule has 2 rings (SSSR count). The minimum absolute atomic E-state index is 0.0307. The Morgan fingerprint density at radius 1 is 1.53 bits per heavy atom. The summed E-state index contributed by atoms with van der Waals surface area (Å²) in [4.78, 5) is 13.9. The van der Waals surface area contributed by atoms with Crippen LogP contribution in [0.5, 0.6) is 0 Å². The highest BCUT2D eigenvalue weighted by atomic mass is 16.6. The minimum atomic E-state index is -0.453. The predicted octanol–water partition coefficient (Wildman–Crippen LogP) is 1.11. The Kier molecular flexibility index (Phi) is 2.79. The van der Waals surface area contributed by atoms with E-state index in [4.69, 9.17) is 5.26 Å². The van der Waals surface area contributed by atoms with Crippen molar-refractivity contribution in [3.63, 3.8) is 0 Å². The fourth-order valence-corrected chi connectivity index (χ4v) is 1.38. The van der Waals surface area contributed by atoms with Crippen LogP contribution in [0.1, 0.15) is 11.4 Å². The zero-order chi connectivity index (χ0) is 12.3. The summed E-state index contributed by atoms with van der Waals surface area (Å²) in [5.74, 6) is 0.0791. The molecule has 0 unspecified atom stereocenters. The van der Waals surface area contributed by atoms with Crippen LogP contribution in [0.25, 0.3) is 0 Å². The summed E-state index contributed by atoms with van der Waals surface area (Å²) < 4.78 is 1.46. The molecule has 0 saturated carbocycles. The Balaban J connectivity index is 2.21. The van der Waals surface area contributed by atoms with Gasteiger partial charge >= 0.3 is 0 Å². The van der Waals surface area contributed by atoms with Crippen LogP contribution < -0.4 is 0 Å². The Hall–Kier alpha value is -2.75. The van der Waals surface area contributed by atoms with Crippen LogP contribution in [-0.4, -0.2) is 19.7 Å². The number of non-ortho nitro benzene ring substituents is 1. The molecule has 0 atom stereocenters. The van der Waals surface area contributed by atoms with Crippen molar-refractivity contribution in [3.8, 4) is 6.07 Å². The van der Waals surface area contributed by atoms with Gasteiger partial charge in [-0.1, -0.05) is 12.1 Å². The van der Waals surface area contributed by atoms with Crippen LogP contribution >= 0.6 is 0 Å². The molecule has 0 bridgehead atoms. The van der Waals surface area contributed by atoms with Crippen molar-refractivity contribution in [1.82, 2.24) is 14.8 Å². The molecule has 17 heavy (non-hydrogen) atoms. The molecule has 0 N–H and O–H groups in total. The topological polar surface area (TPSA) is 97.6 Å². The van der Waals surface area contributed by atoms with Crippen molar-refractivity contribution in [2.24, 2.45) is 0 Å². The summed E-state index contributed by atoms with van der Waals surface area (Å²) in [5.41, 5.74) is 0.761. The van der Waals surface area contributed by atoms with Gasteiger partial charge in [-0.15, -0.1) is 5.10 Å². The zero-order valence-corrected chi connectivity index (χ0v) is 8.65. The van der Waals surface area contributed by atoms with Crippen molar-refractivity contribution in [2.75, 3.05) is 0 Å². The number of nitrogens with zero attached hydrogens (tertiary/aromatic N) is 5. The third kappa shape index (κ3) is 2.43. The normalized spacial score (nSPS) is 9.82. The lowest BCUT2D eigenvalue weighted by Gasteiger charge is -2.00. The van der Waals surface area contributed by atoms with Gasteiger partial charge in [0.15, 0.2) is 0 Å². The molecular formula is C10H7N5O2. The Labute approximate surface area is 96.1 Å². The number of benzene rings is 1. The molecule has 0 radical (unpaired) electrons. The van der Waals surface area contributed by atoms with Gasteiger partial charge in [0.2, 0.25) is 0 Å². The first-order chi connectivity index (χ1) is 8.19. The molecule has 0 spiro atoms. The van der Waals surface area contributed by atoms with Crippen LogP contribution in [-0.2, 0) is 6.54 Å². The molecule has 7 heteroatoms. The Morgan fingerprint density at radius 3 is 3.00 bits per heavy atom. The summed E-state index contributed by atoms with van der Waals surface area (Å²) in [6, 6.07) is 8.06. The smallest absolute Gasteiger partial charge is 0.258 e. The zero-order valence-electron chi connectivity index (χ0n) is 8.65. The van der Waals surface area contributed by atoms with E-state index in [9.17, 15) is 10.1 Å². The van der Waals surface area contributed by atoms with Crippen molar-refractivity contribution in [2.45, 2.75) is 6.54 Å². The molecule has 0 aliphatic rings. The largest absolute Gasteiger partial charge is 0.269 e. The van der Waals surface area contributed by atoms with Crippen molar-refractivity contribution >= 4 is 5.69 Å². The summed E-state index contributed by atoms with van der Waals surface area (Å²) >= 11 is 0. The molecule has 0 aliphatic heterocycles. The molecule has 7 nitrogen and oxygen atoms in total. The van der Waals surface area contributed by atoms with Gasteiger partial charge in [0.25, 0.3) is 11.5 Å². The molecule has 0 amide bonds. The van der Waals surface area contributed by atoms with E-state index in [1.807, 2.05) is 6.07 Å². The number of nitriles is 1. The first-order valence-electron chi connectivity index (χ1n) is 4.72. The van der Waals surface area contributed by atoms with Gasteiger partial charge in [0.1, 0.15) is 12.4 Å². The molecule has 1 heterocycles. The Morgan fingerprint density at radius 2 is 2.35 bits per heavy atom. The van der Waals surface area contributed by atoms with Crippen LogP contribution in [0.4, 0.5) is 5.69 Å². The number of nitro groups is 1. The van der Waals surface area contributed by atoms with Crippen LogP contribution in [0.3, 0.4) is 0 Å². The molecular weight excluding hydrogens is 222 g/mol. The fraction of sp³-hybridized carbons (Fsp3) is 0.100. The van der Waals surface area contributed by atoms with E-state index in [1.54, 1.807) is 12.1 Å². The van der Waals surface area contributed by atoms with Crippen LogP contribution in [0.2, 0.25) is 0 Å². The summed E-state index contributed by atoms with van der Waals surface area (Å²) in [7, 11) is 0. The average Bonchev–Trinajstić information content (AvgIpc) is 2.77. The minimum Gasteiger partial charge on any atom is -0.258 e. The second-order valence-corrected chi connectivity index (χ2v) is 3.30. The number of hydrogen-bond acceptors (Lipinski definition) is 5. The lowest BCUT2D eigenvalue weighted by Crippen LogP contribution is -2.01. The second-order valence-electron chi connectivity index (χ2n) is 3.30. The van der Waals surface area contributed by atoms with E-state index in [2.05, 4.69) is 10.1 Å². The monoisotopic (exact) mass is 229 g/mol. The SMILES string of the molecule is N#Cc1ncn(Cc2cccc([N+](=O)[O-])c2)n1. The highest BCUT2D eigenvalue weighted by Crippen LogP contribution is 2.13. The molecule has 84 valence electrons. The van der Waals surface area contributed by atoms with E-state index < -0.39 is 4.92 Å². The highest BCUT2D eigenvalue weighted by molar-refractivity contribution is 5.34. The van der Waals surface area contributed by atoms with Gasteiger partial charge in [-0.05, 0) is 5.56 Å². The molecule has 0 aliphatic carbocycles. The third-order valence-electron chi connectivity index (χ3n) is 2.10. The number of hydrogen-bond donors (Lipinski definition) is 0. The van der Waals surface area contributed by atoms with E-state index in [0.29, 0.717) is 6.54 Å². The maximum absolute atomic E-state index is 10.6. The van der Waals surface area contributed by atoms with Crippen LogP contribution in [0.15, 0.2) is 30.6 Å². The summed E-state index contributed by atoms with van der Waals surface area (Å²) in [6.07, 6.45) is 1.41. The Bertz CT molecular complexity index is 599. The predicted molar refractivity (Wildman–Crippen MR) is 56.9 cm³/mol. The molecule has 2 aromatic rings. The number of rotatable bonds is 3. The number of aromatic nitrogens is 3. The second kappa shape index (κ2) is 4.40. The number of nitro benzene ring substituents is 1. The first-order valence-corrected chi connectivity index (χ1v) is 4.72. The van der Waals surface area contributed by atoms with Gasteiger partial charge < -0.3 is 0 Å². The average molecular weight is 229 g/mol. The van der Waals surface area contributed by atoms with Gasteiger partial charge in [-0.25, -0.2) is 9.67 Å². The summed E-state index contributed by atoms with van der Waals surface area (Å²) in [6.45, 7) is 0.344. The lowest BCUT2D eigenvalue weighted by atomic mass is 10.2. The van der Waals surface area contributed by atoms with Gasteiger partial charge in [-0.3, -0.25) is 10.1 Å². The van der Waals surface area contributed by atoms with E-state index in [-0.39, 0.29) is 11.5 Å². The third-order valence-corrected chi connectivity index (χ3v) is 2.10. The highest BCUT2D eigenvalue weighted by Gasteiger charge is 2.06. The summed E-state index contributed by atoms with van der Waals surface area (Å²) in [5, 5.41) is 23.0. The molecule has 0 saturated heterocycles. The van der Waals surface area contributed by atoms with Crippen molar-refractivity contribution < 1.29 is 4.92 Å². The van der Waals surface area contributed by atoms with Gasteiger partial charge in [0.05, 0.1) is 11.5 Å². The maximum Gasteiger partial charge on any atom is 0.269 e. The molecule has 1 aromatic heterocycles. The fourth-order valence-electron chi connectivity index (χ4n) is 1.38. The lowest BCUT2D eigenvalue weighted by molar-refractivity contribution is -0.384. The maximum atomic E-state index is 10.6. The molecule has 0 fully saturated rings. The quantitative estimate of drug-likeness (QED) is 0.579. The van der Waals surface area contributed by atoms with Gasteiger partial charge in [0, 0.05) is 12.1 Å². The van der Waals surface area contributed by atoms with E-state index in [1.165, 1.54) is 23.1 Å². The van der Waals surface area contributed by atoms with Crippen molar-refractivity contribution in [1.29, 1.82) is 5.26 Å². The molecule has 1 aromatic carbocycles. The standard InChI is InChI=1S/C10H7N5O2/c11-5-10-12-7-14(13-10)6-8-2-1-3-9(4-8)15(16)17/h1-4,7H,6H2. The van der Waals surface area contributed by atoms with Crippen LogP contribution in [0, 0.1) is 21.4 Å². The van der Waals surface area contributed by atoms with Gasteiger partial charge in [-0.2, -0.15) is 5.26 Å².